The molecule has 0 bridgehead atoms. The fourth-order valence-electron chi connectivity index (χ4n) is 1.23. The summed E-state index contributed by atoms with van der Waals surface area (Å²) < 4.78 is 0. The van der Waals surface area contributed by atoms with Gasteiger partial charge in [-0.25, -0.2) is 0 Å². The van der Waals surface area contributed by atoms with Crippen LogP contribution in [0.3, 0.4) is 0 Å². The SMILES string of the molecule is CCCC(N)P(N)c1ccccc1. The van der Waals surface area contributed by atoms with Crippen LogP contribution < -0.4 is 16.5 Å². The molecule has 0 aliphatic heterocycles. The van der Waals surface area contributed by atoms with Crippen molar-refractivity contribution in [2.45, 2.75) is 25.5 Å². The molecule has 1 aromatic rings. The van der Waals surface area contributed by atoms with Crippen LogP contribution in [-0.4, -0.2) is 5.78 Å². The van der Waals surface area contributed by atoms with Crippen LogP contribution in [0.1, 0.15) is 19.8 Å². The summed E-state index contributed by atoms with van der Waals surface area (Å²) in [7, 11) is -0.665. The lowest BCUT2D eigenvalue weighted by atomic mass is 10.3. The van der Waals surface area contributed by atoms with Crippen molar-refractivity contribution in [3.63, 3.8) is 0 Å². The van der Waals surface area contributed by atoms with Crippen molar-refractivity contribution >= 4 is 13.4 Å². The van der Waals surface area contributed by atoms with Crippen LogP contribution in [0.4, 0.5) is 0 Å². The van der Waals surface area contributed by atoms with E-state index in [0.717, 1.165) is 12.8 Å². The van der Waals surface area contributed by atoms with Crippen LogP contribution in [0.2, 0.25) is 0 Å². The number of benzene rings is 1. The Balaban J connectivity index is 2.62. The molecule has 4 N–H and O–H groups in total. The maximum Gasteiger partial charge on any atom is 0.0417 e. The first-order chi connectivity index (χ1) is 6.25. The van der Waals surface area contributed by atoms with Gasteiger partial charge in [-0.2, -0.15) is 0 Å². The predicted molar refractivity (Wildman–Crippen MR) is 60.1 cm³/mol. The largest absolute Gasteiger partial charge is 0.323 e. The molecule has 0 aliphatic carbocycles. The molecule has 0 radical (unpaired) electrons. The van der Waals surface area contributed by atoms with Gasteiger partial charge in [0, 0.05) is 13.9 Å². The van der Waals surface area contributed by atoms with Crippen LogP contribution in [0.15, 0.2) is 30.3 Å². The lowest BCUT2D eigenvalue weighted by Crippen LogP contribution is -2.26. The van der Waals surface area contributed by atoms with E-state index in [2.05, 4.69) is 19.1 Å². The smallest absolute Gasteiger partial charge is 0.0417 e. The Bertz CT molecular complexity index is 238. The standard InChI is InChI=1S/C10H17N2P/c1-2-6-10(11)13(12)9-7-4-3-5-8-9/h3-5,7-8,10H,2,6,11-12H2,1H3. The van der Waals surface area contributed by atoms with Gasteiger partial charge in [-0.15, -0.1) is 0 Å². The van der Waals surface area contributed by atoms with Gasteiger partial charge in [0.15, 0.2) is 0 Å². The zero-order valence-corrected chi connectivity index (χ0v) is 8.87. The van der Waals surface area contributed by atoms with E-state index in [0.29, 0.717) is 0 Å². The molecule has 2 unspecified atom stereocenters. The number of hydrogen-bond acceptors (Lipinski definition) is 2. The second kappa shape index (κ2) is 5.33. The minimum absolute atomic E-state index is 0.141. The molecule has 0 heterocycles. The van der Waals surface area contributed by atoms with E-state index in [9.17, 15) is 0 Å². The van der Waals surface area contributed by atoms with Gasteiger partial charge in [-0.1, -0.05) is 43.7 Å². The van der Waals surface area contributed by atoms with Crippen LogP contribution in [0.25, 0.3) is 0 Å². The lowest BCUT2D eigenvalue weighted by Gasteiger charge is -2.19. The summed E-state index contributed by atoms with van der Waals surface area (Å²) in [4.78, 5) is 0. The Kier molecular flexibility index (Phi) is 4.37. The van der Waals surface area contributed by atoms with E-state index in [1.165, 1.54) is 5.30 Å². The highest BCUT2D eigenvalue weighted by Gasteiger charge is 2.13. The summed E-state index contributed by atoms with van der Waals surface area (Å²) in [5.74, 6) is 0.141. The third kappa shape index (κ3) is 3.07. The number of hydrogen-bond donors (Lipinski definition) is 2. The molecule has 0 spiro atoms. The quantitative estimate of drug-likeness (QED) is 0.721. The highest BCUT2D eigenvalue weighted by Crippen LogP contribution is 2.30. The van der Waals surface area contributed by atoms with E-state index in [-0.39, 0.29) is 5.78 Å². The van der Waals surface area contributed by atoms with Gasteiger partial charge in [0.05, 0.1) is 0 Å². The van der Waals surface area contributed by atoms with Crippen molar-refractivity contribution in [1.82, 2.24) is 0 Å². The molecule has 3 heteroatoms. The van der Waals surface area contributed by atoms with Crippen molar-refractivity contribution in [3.8, 4) is 0 Å². The third-order valence-corrected chi connectivity index (χ3v) is 3.86. The second-order valence-corrected chi connectivity index (χ2v) is 5.09. The predicted octanol–water partition coefficient (Wildman–Crippen LogP) is 1.75. The first-order valence-electron chi connectivity index (χ1n) is 4.60. The number of rotatable bonds is 4. The third-order valence-electron chi connectivity index (χ3n) is 2.00. The van der Waals surface area contributed by atoms with E-state index in [1.54, 1.807) is 0 Å². The minimum atomic E-state index is -0.665. The maximum absolute atomic E-state index is 6.06. The van der Waals surface area contributed by atoms with Gasteiger partial charge in [0.1, 0.15) is 0 Å². The van der Waals surface area contributed by atoms with Crippen LogP contribution >= 0.6 is 8.07 Å². The van der Waals surface area contributed by atoms with Crippen LogP contribution in [-0.2, 0) is 0 Å². The molecule has 2 atom stereocenters. The van der Waals surface area contributed by atoms with Crippen molar-refractivity contribution in [1.29, 1.82) is 0 Å². The highest BCUT2D eigenvalue weighted by molar-refractivity contribution is 7.63. The average molecular weight is 196 g/mol. The molecule has 0 saturated carbocycles. The topological polar surface area (TPSA) is 52.0 Å². The van der Waals surface area contributed by atoms with Gasteiger partial charge in [-0.05, 0) is 11.7 Å². The Morgan fingerprint density at radius 3 is 2.46 bits per heavy atom. The average Bonchev–Trinajstić information content (AvgIpc) is 2.18. The molecule has 0 saturated heterocycles. The molecule has 72 valence electrons. The molecular weight excluding hydrogens is 179 g/mol. The van der Waals surface area contributed by atoms with Crippen molar-refractivity contribution < 1.29 is 0 Å². The highest BCUT2D eigenvalue weighted by atomic mass is 31.1. The summed E-state index contributed by atoms with van der Waals surface area (Å²) in [6, 6.07) is 10.1. The van der Waals surface area contributed by atoms with Crippen molar-refractivity contribution in [3.05, 3.63) is 30.3 Å². The normalized spacial score (nSPS) is 15.3. The maximum atomic E-state index is 6.06. The van der Waals surface area contributed by atoms with Gasteiger partial charge in [0.2, 0.25) is 0 Å². The Labute approximate surface area is 81.1 Å². The molecule has 1 aromatic carbocycles. The van der Waals surface area contributed by atoms with Gasteiger partial charge in [0.25, 0.3) is 0 Å². The van der Waals surface area contributed by atoms with Crippen molar-refractivity contribution in [2.24, 2.45) is 11.2 Å². The Morgan fingerprint density at radius 2 is 1.92 bits per heavy atom. The molecule has 0 amide bonds. The summed E-state index contributed by atoms with van der Waals surface area (Å²) in [6.45, 7) is 2.13. The number of nitrogens with two attached hydrogens (primary N) is 2. The lowest BCUT2D eigenvalue weighted by molar-refractivity contribution is 0.757. The fraction of sp³-hybridized carbons (Fsp3) is 0.400. The van der Waals surface area contributed by atoms with E-state index in [4.69, 9.17) is 11.2 Å². The molecule has 0 fully saturated rings. The van der Waals surface area contributed by atoms with E-state index in [1.807, 2.05) is 18.2 Å². The van der Waals surface area contributed by atoms with E-state index >= 15 is 0 Å². The summed E-state index contributed by atoms with van der Waals surface area (Å²) in [5, 5.41) is 1.19. The minimum Gasteiger partial charge on any atom is -0.323 e. The molecule has 0 aromatic heterocycles. The first kappa shape index (κ1) is 10.6. The van der Waals surface area contributed by atoms with Crippen molar-refractivity contribution in [2.75, 3.05) is 0 Å². The van der Waals surface area contributed by atoms with Gasteiger partial charge < -0.3 is 11.2 Å². The van der Waals surface area contributed by atoms with Crippen LogP contribution in [0, 0.1) is 0 Å². The summed E-state index contributed by atoms with van der Waals surface area (Å²) in [5.41, 5.74) is 12.0. The molecule has 13 heavy (non-hydrogen) atoms. The van der Waals surface area contributed by atoms with Gasteiger partial charge >= 0.3 is 0 Å². The molecule has 2 nitrogen and oxygen atoms in total. The van der Waals surface area contributed by atoms with E-state index < -0.39 is 8.07 Å². The monoisotopic (exact) mass is 196 g/mol. The zero-order valence-electron chi connectivity index (χ0n) is 7.98. The Hall–Kier alpha value is -0.430. The summed E-state index contributed by atoms with van der Waals surface area (Å²) >= 11 is 0. The molecular formula is C10H17N2P. The molecule has 0 aliphatic rings. The molecule has 1 rings (SSSR count). The summed E-state index contributed by atoms with van der Waals surface area (Å²) in [6.07, 6.45) is 2.11. The zero-order chi connectivity index (χ0) is 9.68. The van der Waals surface area contributed by atoms with Crippen LogP contribution in [0.5, 0.6) is 0 Å². The Morgan fingerprint density at radius 1 is 1.31 bits per heavy atom. The first-order valence-corrected chi connectivity index (χ1v) is 6.08. The fourth-order valence-corrected chi connectivity index (χ4v) is 2.66. The van der Waals surface area contributed by atoms with Gasteiger partial charge in [-0.3, -0.25) is 0 Å². The second-order valence-electron chi connectivity index (χ2n) is 3.10.